The Morgan fingerprint density at radius 1 is 1.29 bits per heavy atom. The van der Waals surface area contributed by atoms with Crippen molar-refractivity contribution in [1.82, 2.24) is 9.97 Å². The van der Waals surface area contributed by atoms with Gasteiger partial charge in [0.25, 0.3) is 0 Å². The van der Waals surface area contributed by atoms with E-state index in [2.05, 4.69) is 15.4 Å². The Morgan fingerprint density at radius 3 is 2.57 bits per heavy atom. The Bertz CT molecular complexity index is 421. The molecule has 72 valence electrons. The molecule has 0 spiro atoms. The predicted octanol–water partition coefficient (Wildman–Crippen LogP) is 1.50. The van der Waals surface area contributed by atoms with E-state index in [9.17, 15) is 4.39 Å². The molecule has 0 aliphatic heterocycles. The van der Waals surface area contributed by atoms with Crippen molar-refractivity contribution in [3.8, 4) is 11.3 Å². The first-order valence-corrected chi connectivity index (χ1v) is 4.07. The molecule has 1 aromatic carbocycles. The van der Waals surface area contributed by atoms with Gasteiger partial charge in [-0.2, -0.15) is 0 Å². The van der Waals surface area contributed by atoms with Crippen LogP contribution in [0.5, 0.6) is 0 Å². The maximum atomic E-state index is 12.6. The van der Waals surface area contributed by atoms with Crippen molar-refractivity contribution >= 4 is 5.95 Å². The molecule has 0 atom stereocenters. The van der Waals surface area contributed by atoms with E-state index in [4.69, 9.17) is 5.84 Å². The minimum Gasteiger partial charge on any atom is -0.323 e. The van der Waals surface area contributed by atoms with Gasteiger partial charge in [-0.25, -0.2) is 15.2 Å². The molecular weight excluding hydrogens is 183 g/mol. The van der Waals surface area contributed by atoms with Crippen LogP contribution in [0, 0.1) is 5.82 Å². The molecule has 0 radical (unpaired) electrons. The molecule has 0 amide bonds. The molecule has 4 nitrogen and oxygen atoms in total. The summed E-state index contributed by atoms with van der Waals surface area (Å²) in [7, 11) is 0. The first kappa shape index (κ1) is 8.71. The van der Waals surface area contributed by atoms with E-state index in [-0.39, 0.29) is 5.82 Å². The number of nitrogens with zero attached hydrogens (tertiary/aromatic N) is 1. The molecule has 1 heterocycles. The van der Waals surface area contributed by atoms with Crippen molar-refractivity contribution in [1.29, 1.82) is 0 Å². The number of aromatic amines is 1. The third-order valence-corrected chi connectivity index (χ3v) is 1.87. The van der Waals surface area contributed by atoms with E-state index in [1.54, 1.807) is 18.3 Å². The van der Waals surface area contributed by atoms with Crippen LogP contribution >= 0.6 is 0 Å². The number of imidazole rings is 1. The molecule has 0 bridgehead atoms. The maximum Gasteiger partial charge on any atom is 0.215 e. The highest BCUT2D eigenvalue weighted by molar-refractivity contribution is 5.59. The fraction of sp³-hybridized carbons (Fsp3) is 0. The average Bonchev–Trinajstić information content (AvgIpc) is 2.67. The van der Waals surface area contributed by atoms with Crippen molar-refractivity contribution < 1.29 is 4.39 Å². The van der Waals surface area contributed by atoms with Crippen LogP contribution in [0.25, 0.3) is 11.3 Å². The molecular formula is C9H9FN4. The second-order valence-electron chi connectivity index (χ2n) is 2.80. The Morgan fingerprint density at radius 2 is 2.00 bits per heavy atom. The average molecular weight is 192 g/mol. The highest BCUT2D eigenvalue weighted by Gasteiger charge is 2.01. The van der Waals surface area contributed by atoms with E-state index in [1.165, 1.54) is 12.1 Å². The van der Waals surface area contributed by atoms with Gasteiger partial charge in [-0.3, -0.25) is 5.43 Å². The van der Waals surface area contributed by atoms with Crippen LogP contribution in [0.4, 0.5) is 10.3 Å². The van der Waals surface area contributed by atoms with Crippen LogP contribution in [0.1, 0.15) is 0 Å². The summed E-state index contributed by atoms with van der Waals surface area (Å²) >= 11 is 0. The number of halogens is 1. The molecule has 0 saturated carbocycles. The maximum absolute atomic E-state index is 12.6. The second kappa shape index (κ2) is 3.47. The highest BCUT2D eigenvalue weighted by atomic mass is 19.1. The fourth-order valence-electron chi connectivity index (χ4n) is 1.17. The number of nitrogen functional groups attached to an aromatic ring is 1. The zero-order valence-electron chi connectivity index (χ0n) is 7.29. The summed E-state index contributed by atoms with van der Waals surface area (Å²) in [4.78, 5) is 6.88. The molecule has 0 aliphatic rings. The standard InChI is InChI=1S/C9H9FN4/c10-7-3-1-6(2-4-7)8-5-12-9(13-8)14-11/h1-5H,11H2,(H2,12,13,14). The Kier molecular flexibility index (Phi) is 2.16. The number of nitrogens with two attached hydrogens (primary N) is 1. The smallest absolute Gasteiger partial charge is 0.215 e. The molecule has 0 fully saturated rings. The molecule has 5 heteroatoms. The topological polar surface area (TPSA) is 66.7 Å². The summed E-state index contributed by atoms with van der Waals surface area (Å²) in [5, 5.41) is 0. The third kappa shape index (κ3) is 1.57. The van der Waals surface area contributed by atoms with E-state index < -0.39 is 0 Å². The summed E-state index contributed by atoms with van der Waals surface area (Å²) in [6.07, 6.45) is 1.63. The number of hydrazine groups is 1. The number of benzene rings is 1. The molecule has 0 unspecified atom stereocenters. The third-order valence-electron chi connectivity index (χ3n) is 1.87. The van der Waals surface area contributed by atoms with Crippen LogP contribution in [0.3, 0.4) is 0 Å². The van der Waals surface area contributed by atoms with Crippen molar-refractivity contribution in [3.63, 3.8) is 0 Å². The van der Waals surface area contributed by atoms with Gasteiger partial charge in [-0.05, 0) is 29.8 Å². The van der Waals surface area contributed by atoms with Crippen LogP contribution in [-0.4, -0.2) is 9.97 Å². The van der Waals surface area contributed by atoms with E-state index in [0.29, 0.717) is 5.95 Å². The van der Waals surface area contributed by atoms with Crippen LogP contribution in [0.15, 0.2) is 30.5 Å². The lowest BCUT2D eigenvalue weighted by molar-refractivity contribution is 0.628. The first-order chi connectivity index (χ1) is 6.79. The molecule has 14 heavy (non-hydrogen) atoms. The monoisotopic (exact) mass is 192 g/mol. The number of hydrogen-bond acceptors (Lipinski definition) is 3. The van der Waals surface area contributed by atoms with Gasteiger partial charge in [0.1, 0.15) is 5.82 Å². The zero-order valence-corrected chi connectivity index (χ0v) is 7.29. The SMILES string of the molecule is NNc1ncc(-c2ccc(F)cc2)[nH]1. The Balaban J connectivity index is 2.34. The fourth-order valence-corrected chi connectivity index (χ4v) is 1.17. The molecule has 4 N–H and O–H groups in total. The van der Waals surface area contributed by atoms with Gasteiger partial charge in [-0.15, -0.1) is 0 Å². The van der Waals surface area contributed by atoms with E-state index >= 15 is 0 Å². The number of nitrogens with one attached hydrogen (secondary N) is 2. The van der Waals surface area contributed by atoms with Gasteiger partial charge >= 0.3 is 0 Å². The number of anilines is 1. The van der Waals surface area contributed by atoms with E-state index in [0.717, 1.165) is 11.3 Å². The Labute approximate surface area is 79.9 Å². The van der Waals surface area contributed by atoms with Crippen LogP contribution in [-0.2, 0) is 0 Å². The summed E-state index contributed by atoms with van der Waals surface area (Å²) < 4.78 is 12.6. The molecule has 0 saturated heterocycles. The van der Waals surface area contributed by atoms with Gasteiger partial charge in [0.2, 0.25) is 5.95 Å². The summed E-state index contributed by atoms with van der Waals surface area (Å²) in [6.45, 7) is 0. The normalized spacial score (nSPS) is 10.1. The van der Waals surface area contributed by atoms with Crippen LogP contribution < -0.4 is 11.3 Å². The quantitative estimate of drug-likeness (QED) is 0.499. The Hall–Kier alpha value is -1.88. The summed E-state index contributed by atoms with van der Waals surface area (Å²) in [6, 6.07) is 6.13. The van der Waals surface area contributed by atoms with Crippen molar-refractivity contribution in [2.45, 2.75) is 0 Å². The predicted molar refractivity (Wildman–Crippen MR) is 51.8 cm³/mol. The number of hydrogen-bond donors (Lipinski definition) is 3. The van der Waals surface area contributed by atoms with Crippen molar-refractivity contribution in [2.75, 3.05) is 5.43 Å². The number of aromatic nitrogens is 2. The second-order valence-corrected chi connectivity index (χ2v) is 2.80. The molecule has 1 aromatic heterocycles. The molecule has 2 aromatic rings. The zero-order chi connectivity index (χ0) is 9.97. The minimum atomic E-state index is -0.259. The minimum absolute atomic E-state index is 0.259. The van der Waals surface area contributed by atoms with Gasteiger partial charge in [0.05, 0.1) is 11.9 Å². The lowest BCUT2D eigenvalue weighted by Gasteiger charge is -1.96. The molecule has 0 aliphatic carbocycles. The summed E-state index contributed by atoms with van der Waals surface area (Å²) in [5.74, 6) is 5.38. The summed E-state index contributed by atoms with van der Waals surface area (Å²) in [5.41, 5.74) is 4.04. The first-order valence-electron chi connectivity index (χ1n) is 4.07. The van der Waals surface area contributed by atoms with Gasteiger partial charge in [0.15, 0.2) is 0 Å². The number of H-pyrrole nitrogens is 1. The lowest BCUT2D eigenvalue weighted by atomic mass is 10.2. The largest absolute Gasteiger partial charge is 0.323 e. The number of rotatable bonds is 2. The van der Waals surface area contributed by atoms with Gasteiger partial charge in [-0.1, -0.05) is 0 Å². The van der Waals surface area contributed by atoms with Crippen molar-refractivity contribution in [2.24, 2.45) is 5.84 Å². The van der Waals surface area contributed by atoms with Crippen LogP contribution in [0.2, 0.25) is 0 Å². The van der Waals surface area contributed by atoms with Gasteiger partial charge in [0, 0.05) is 0 Å². The lowest BCUT2D eigenvalue weighted by Crippen LogP contribution is -2.07. The van der Waals surface area contributed by atoms with E-state index in [1.807, 2.05) is 0 Å². The highest BCUT2D eigenvalue weighted by Crippen LogP contribution is 2.18. The van der Waals surface area contributed by atoms with Crippen molar-refractivity contribution in [3.05, 3.63) is 36.3 Å². The molecule has 2 rings (SSSR count). The van der Waals surface area contributed by atoms with Gasteiger partial charge < -0.3 is 4.98 Å².